The Labute approximate surface area is 86.5 Å². The molecule has 0 aliphatic carbocycles. The average Bonchev–Trinajstić information content (AvgIpc) is 2.28. The molecule has 0 aromatic carbocycles. The van der Waals surface area contributed by atoms with E-state index < -0.39 is 26.6 Å². The van der Waals surface area contributed by atoms with Gasteiger partial charge in [0.15, 0.2) is 0 Å². The van der Waals surface area contributed by atoms with Crippen molar-refractivity contribution in [3.05, 3.63) is 43.6 Å². The second-order valence-corrected chi connectivity index (χ2v) is 2.73. The smallest absolute Gasteiger partial charge is 0.327 e. The van der Waals surface area contributed by atoms with Gasteiger partial charge in [-0.2, -0.15) is 0 Å². The highest BCUT2D eigenvalue weighted by atomic mass is 19.2. The third-order valence-corrected chi connectivity index (χ3v) is 1.72. The molecule has 0 aliphatic heterocycles. The highest BCUT2D eigenvalue weighted by Crippen LogP contribution is 1.77. The van der Waals surface area contributed by atoms with Crippen molar-refractivity contribution in [3.8, 4) is 0 Å². The number of halogens is 2. The molecule has 0 unspecified atom stereocenters. The van der Waals surface area contributed by atoms with Crippen LogP contribution in [0.3, 0.4) is 0 Å². The number of allylic oxidation sites excluding steroid dienone is 1. The highest BCUT2D eigenvalue weighted by Gasteiger charge is 2.13. The number of hydrogen-bond acceptors (Lipinski definition) is 4. The summed E-state index contributed by atoms with van der Waals surface area (Å²) in [6.45, 7) is -0.225. The van der Waals surface area contributed by atoms with Gasteiger partial charge >= 0.3 is 17.1 Å². The Morgan fingerprint density at radius 1 is 1.00 bits per heavy atom. The zero-order valence-corrected chi connectivity index (χ0v) is 7.97. The van der Waals surface area contributed by atoms with Crippen LogP contribution in [0.1, 0.15) is 0 Å². The van der Waals surface area contributed by atoms with E-state index in [9.17, 15) is 23.3 Å². The van der Waals surface area contributed by atoms with E-state index in [2.05, 4.69) is 0 Å². The van der Waals surface area contributed by atoms with Gasteiger partial charge in [0.2, 0.25) is 0 Å². The van der Waals surface area contributed by atoms with Crippen LogP contribution in [0.15, 0.2) is 26.5 Å². The van der Waals surface area contributed by atoms with Crippen LogP contribution in [0.2, 0.25) is 0 Å². The van der Waals surface area contributed by atoms with Gasteiger partial charge < -0.3 is 5.73 Å². The molecule has 16 heavy (non-hydrogen) atoms. The number of nitrogens with zero attached hydrogens (tertiary/aromatic N) is 3. The third-order valence-electron chi connectivity index (χ3n) is 1.72. The molecule has 0 radical (unpaired) electrons. The largest absolute Gasteiger partial charge is 0.394 e. The van der Waals surface area contributed by atoms with Crippen molar-refractivity contribution in [1.29, 1.82) is 0 Å². The summed E-state index contributed by atoms with van der Waals surface area (Å²) in [5, 5.41) is 0. The molecule has 0 atom stereocenters. The van der Waals surface area contributed by atoms with Gasteiger partial charge in [0, 0.05) is 6.54 Å². The molecule has 9 heteroatoms. The Morgan fingerprint density at radius 2 is 1.50 bits per heavy atom. The van der Waals surface area contributed by atoms with Crippen LogP contribution in [0.25, 0.3) is 0 Å². The molecule has 2 N–H and O–H groups in total. The van der Waals surface area contributed by atoms with Gasteiger partial charge in [-0.25, -0.2) is 19.0 Å². The van der Waals surface area contributed by atoms with Crippen LogP contribution >= 0.6 is 0 Å². The van der Waals surface area contributed by atoms with Gasteiger partial charge in [0.1, 0.15) is 0 Å². The maximum Gasteiger partial charge on any atom is 0.394 e. The highest BCUT2D eigenvalue weighted by molar-refractivity contribution is 4.85. The predicted molar refractivity (Wildman–Crippen MR) is 50.4 cm³/mol. The topological polar surface area (TPSA) is 92.0 Å². The summed E-state index contributed by atoms with van der Waals surface area (Å²) in [6, 6.07) is 0. The summed E-state index contributed by atoms with van der Waals surface area (Å²) in [7, 11) is 0. The van der Waals surface area contributed by atoms with E-state index in [1.54, 1.807) is 0 Å². The van der Waals surface area contributed by atoms with Crippen LogP contribution in [0, 0.1) is 0 Å². The van der Waals surface area contributed by atoms with E-state index in [0.717, 1.165) is 0 Å². The van der Waals surface area contributed by atoms with Crippen molar-refractivity contribution in [2.45, 2.75) is 6.54 Å². The van der Waals surface area contributed by atoms with E-state index in [-0.39, 0.29) is 17.7 Å². The SMILES string of the molecule is NCC=CCn1c(=O)n(F)c(=O)n(F)c1=O. The molecule has 0 fully saturated rings. The zero-order valence-electron chi connectivity index (χ0n) is 7.97. The maximum absolute atomic E-state index is 12.8. The summed E-state index contributed by atoms with van der Waals surface area (Å²) < 4.78 is 25.7. The lowest BCUT2D eigenvalue weighted by Gasteiger charge is -2.01. The minimum atomic E-state index is -1.96. The number of nitrogens with two attached hydrogens (primary N) is 1. The molecule has 1 aromatic heterocycles. The van der Waals surface area contributed by atoms with Crippen LogP contribution in [-0.4, -0.2) is 20.7 Å². The summed E-state index contributed by atoms with van der Waals surface area (Å²) in [5.41, 5.74) is 0.0550. The molecule has 0 saturated heterocycles. The van der Waals surface area contributed by atoms with Gasteiger partial charge in [0.05, 0.1) is 6.54 Å². The second-order valence-electron chi connectivity index (χ2n) is 2.73. The fourth-order valence-electron chi connectivity index (χ4n) is 0.967. The van der Waals surface area contributed by atoms with Crippen LogP contribution < -0.4 is 22.8 Å². The second kappa shape index (κ2) is 4.66. The summed E-state index contributed by atoms with van der Waals surface area (Å²) in [4.78, 5) is 30.8. The van der Waals surface area contributed by atoms with Crippen LogP contribution in [0.5, 0.6) is 0 Å². The van der Waals surface area contributed by atoms with Gasteiger partial charge in [-0.1, -0.05) is 30.7 Å². The fraction of sp³-hybridized carbons (Fsp3) is 0.286. The lowest BCUT2D eigenvalue weighted by atomic mass is 10.5. The fourth-order valence-corrected chi connectivity index (χ4v) is 0.967. The van der Waals surface area contributed by atoms with E-state index in [4.69, 9.17) is 5.73 Å². The Balaban J connectivity index is 3.41. The van der Waals surface area contributed by atoms with E-state index in [1.807, 2.05) is 0 Å². The van der Waals surface area contributed by atoms with E-state index in [0.29, 0.717) is 0 Å². The molecule has 1 rings (SSSR count). The molecule has 0 amide bonds. The van der Waals surface area contributed by atoms with Crippen LogP contribution in [-0.2, 0) is 6.54 Å². The molecule has 0 bridgehead atoms. The Morgan fingerprint density at radius 3 is 1.94 bits per heavy atom. The first kappa shape index (κ1) is 12.0. The first-order valence-corrected chi connectivity index (χ1v) is 4.17. The molecular weight excluding hydrogens is 226 g/mol. The van der Waals surface area contributed by atoms with Gasteiger partial charge in [-0.15, -0.1) is 0 Å². The molecule has 1 heterocycles. The predicted octanol–water partition coefficient (Wildman–Crippen LogP) is -1.85. The minimum Gasteiger partial charge on any atom is -0.327 e. The lowest BCUT2D eigenvalue weighted by Crippen LogP contribution is -2.50. The minimum absolute atomic E-state index is 0.147. The summed E-state index contributed by atoms with van der Waals surface area (Å²) >= 11 is 0. The molecule has 0 aliphatic rings. The monoisotopic (exact) mass is 234 g/mol. The number of rotatable bonds is 3. The van der Waals surface area contributed by atoms with E-state index in [1.165, 1.54) is 12.2 Å². The molecule has 1 aromatic rings. The maximum atomic E-state index is 12.8. The quantitative estimate of drug-likeness (QED) is 0.621. The lowest BCUT2D eigenvalue weighted by molar-refractivity contribution is 0.223. The molecule has 7 nitrogen and oxygen atoms in total. The van der Waals surface area contributed by atoms with Crippen LogP contribution in [0.4, 0.5) is 8.96 Å². The third kappa shape index (κ3) is 1.98. The normalized spacial score (nSPS) is 11.2. The van der Waals surface area contributed by atoms with Crippen molar-refractivity contribution in [3.63, 3.8) is 0 Å². The van der Waals surface area contributed by atoms with Crippen molar-refractivity contribution in [1.82, 2.24) is 14.1 Å². The molecule has 0 spiro atoms. The number of aromatic nitrogens is 3. The van der Waals surface area contributed by atoms with E-state index >= 15 is 0 Å². The zero-order chi connectivity index (χ0) is 12.3. The molecule has 0 saturated carbocycles. The Hall–Kier alpha value is -2.03. The van der Waals surface area contributed by atoms with Gasteiger partial charge in [0.25, 0.3) is 0 Å². The molecular formula is C7H8F2N4O3. The van der Waals surface area contributed by atoms with Gasteiger partial charge in [-0.05, 0) is 0 Å². The summed E-state index contributed by atoms with van der Waals surface area (Å²) in [5.74, 6) is 0. The summed E-state index contributed by atoms with van der Waals surface area (Å²) in [6.07, 6.45) is 2.66. The van der Waals surface area contributed by atoms with Crippen molar-refractivity contribution in [2.75, 3.05) is 6.54 Å². The van der Waals surface area contributed by atoms with Crippen molar-refractivity contribution < 1.29 is 8.96 Å². The molecule has 88 valence electrons. The standard InChI is InChI=1S/C7H8F2N4O3/c8-12-5(14)11(4-2-1-3-10)6(15)13(9)7(12)16/h1-2H,3-4,10H2. The van der Waals surface area contributed by atoms with Crippen molar-refractivity contribution >= 4 is 0 Å². The average molecular weight is 234 g/mol. The Kier molecular flexibility index (Phi) is 3.51. The van der Waals surface area contributed by atoms with Gasteiger partial charge in [-0.3, -0.25) is 0 Å². The first-order chi connectivity index (χ1) is 7.50. The Bertz CT molecular complexity index is 543. The number of hydrogen-bond donors (Lipinski definition) is 1. The van der Waals surface area contributed by atoms with Crippen molar-refractivity contribution in [2.24, 2.45) is 5.73 Å². The first-order valence-electron chi connectivity index (χ1n) is 4.17.